The van der Waals surface area contributed by atoms with Gasteiger partial charge in [0.2, 0.25) is 5.90 Å². The highest BCUT2D eigenvalue weighted by Gasteiger charge is 2.29. The van der Waals surface area contributed by atoms with Crippen LogP contribution in [0.2, 0.25) is 5.02 Å². The Hall–Kier alpha value is -3.86. The van der Waals surface area contributed by atoms with Crippen molar-refractivity contribution in [1.29, 1.82) is 0 Å². The second kappa shape index (κ2) is 10.3. The van der Waals surface area contributed by atoms with E-state index in [-0.39, 0.29) is 34.5 Å². The van der Waals surface area contributed by atoms with Crippen LogP contribution in [0, 0.1) is 10.1 Å². The van der Waals surface area contributed by atoms with Crippen LogP contribution in [0.3, 0.4) is 0 Å². The average Bonchev–Trinajstić information content (AvgIpc) is 3.40. The number of aliphatic imine (C=N–C) groups is 1. The van der Waals surface area contributed by atoms with E-state index in [1.807, 2.05) is 30.3 Å². The number of halogens is 2. The molecule has 0 N–H and O–H groups in total. The Labute approximate surface area is 227 Å². The number of nitrogens with zero attached hydrogens (tertiary/aromatic N) is 2. The summed E-state index contributed by atoms with van der Waals surface area (Å²) in [7, 11) is 0. The molecular formula is C26H14BrClN2O6S. The van der Waals surface area contributed by atoms with E-state index >= 15 is 0 Å². The Morgan fingerprint density at radius 3 is 2.70 bits per heavy atom. The van der Waals surface area contributed by atoms with Crippen LogP contribution < -0.4 is 4.74 Å². The van der Waals surface area contributed by atoms with Gasteiger partial charge in [-0.3, -0.25) is 14.9 Å². The molecule has 8 nitrogen and oxygen atoms in total. The smallest absolute Gasteiger partial charge is 0.363 e. The highest BCUT2D eigenvalue weighted by atomic mass is 79.9. The summed E-state index contributed by atoms with van der Waals surface area (Å²) in [5, 5.41) is 12.0. The number of cyclic esters (lactones) is 1. The summed E-state index contributed by atoms with van der Waals surface area (Å²) >= 11 is 11.0. The molecule has 0 saturated carbocycles. The molecule has 0 aliphatic carbocycles. The number of benzene rings is 3. The molecule has 184 valence electrons. The lowest BCUT2D eigenvalue weighted by Gasteiger charge is -2.08. The molecule has 5 rings (SSSR count). The van der Waals surface area contributed by atoms with Crippen LogP contribution >= 0.6 is 38.9 Å². The van der Waals surface area contributed by atoms with Gasteiger partial charge in [-0.25, -0.2) is 9.79 Å². The highest BCUT2D eigenvalue weighted by molar-refractivity contribution is 9.10. The number of hydrogen-bond donors (Lipinski definition) is 0. The summed E-state index contributed by atoms with van der Waals surface area (Å²) in [6.07, 6.45) is 1.54. The molecule has 1 aliphatic heterocycles. The van der Waals surface area contributed by atoms with Crippen LogP contribution in [-0.4, -0.2) is 22.8 Å². The third-order valence-corrected chi connectivity index (χ3v) is 7.46. The van der Waals surface area contributed by atoms with E-state index in [9.17, 15) is 19.7 Å². The van der Waals surface area contributed by atoms with Crippen LogP contribution in [0.25, 0.3) is 16.2 Å². The molecule has 4 aromatic rings. The van der Waals surface area contributed by atoms with Crippen molar-refractivity contribution in [3.05, 3.63) is 108 Å². The number of hydrogen-bond acceptors (Lipinski definition) is 8. The molecule has 1 aliphatic rings. The normalized spacial score (nSPS) is 14.1. The molecule has 37 heavy (non-hydrogen) atoms. The molecular weight excluding hydrogens is 584 g/mol. The summed E-state index contributed by atoms with van der Waals surface area (Å²) in [6.45, 7) is 0. The Balaban J connectivity index is 1.45. The molecule has 0 unspecified atom stereocenters. The monoisotopic (exact) mass is 596 g/mol. The van der Waals surface area contributed by atoms with Gasteiger partial charge in [-0.05, 0) is 35.9 Å². The number of carbonyl (C=O) groups excluding carboxylic acids is 2. The van der Waals surface area contributed by atoms with Gasteiger partial charge in [0.15, 0.2) is 5.70 Å². The van der Waals surface area contributed by atoms with Crippen LogP contribution in [0.4, 0.5) is 5.69 Å². The van der Waals surface area contributed by atoms with Gasteiger partial charge in [-0.1, -0.05) is 57.9 Å². The van der Waals surface area contributed by atoms with Gasteiger partial charge in [-0.15, -0.1) is 11.3 Å². The van der Waals surface area contributed by atoms with E-state index in [1.54, 1.807) is 24.3 Å². The van der Waals surface area contributed by atoms with Gasteiger partial charge >= 0.3 is 11.9 Å². The number of nitro benzene ring substituents is 1. The third kappa shape index (κ3) is 5.31. The lowest BCUT2D eigenvalue weighted by atomic mass is 10.1. The largest absolute Gasteiger partial charge is 0.426 e. The van der Waals surface area contributed by atoms with Crippen LogP contribution in [0.15, 0.2) is 81.9 Å². The summed E-state index contributed by atoms with van der Waals surface area (Å²) in [5.41, 5.74) is 1.15. The van der Waals surface area contributed by atoms with Crippen molar-refractivity contribution in [1.82, 2.24) is 0 Å². The van der Waals surface area contributed by atoms with Crippen molar-refractivity contribution in [3.63, 3.8) is 0 Å². The Morgan fingerprint density at radius 2 is 1.95 bits per heavy atom. The number of fused-ring (bicyclic) bond motifs is 1. The van der Waals surface area contributed by atoms with Crippen molar-refractivity contribution in [2.75, 3.05) is 0 Å². The van der Waals surface area contributed by atoms with Crippen molar-refractivity contribution >= 4 is 78.6 Å². The molecule has 0 fully saturated rings. The van der Waals surface area contributed by atoms with Crippen LogP contribution in [0.5, 0.6) is 5.75 Å². The zero-order valence-electron chi connectivity index (χ0n) is 18.6. The number of esters is 2. The predicted octanol–water partition coefficient (Wildman–Crippen LogP) is 6.72. The number of non-ortho nitro benzene ring substituents is 1. The first kappa shape index (κ1) is 24.8. The molecule has 0 bridgehead atoms. The number of thiophene rings is 1. The standard InChI is InChI=1S/C26H14BrClN2O6S/c27-16-6-9-20(35-22(31)10-14-4-2-1-3-5-14)15(11-16)12-19-26(32)36-25(29-19)24-23(28)18-8-7-17(30(33)34)13-21(18)37-24/h1-9,11-13H,10H2/b19-12+. The predicted molar refractivity (Wildman–Crippen MR) is 144 cm³/mol. The van der Waals surface area contributed by atoms with E-state index in [0.717, 1.165) is 16.9 Å². The molecule has 0 radical (unpaired) electrons. The average molecular weight is 598 g/mol. The van der Waals surface area contributed by atoms with Gasteiger partial charge in [0.1, 0.15) is 10.6 Å². The zero-order valence-corrected chi connectivity index (χ0v) is 21.8. The number of ether oxygens (including phenoxy) is 2. The molecule has 0 amide bonds. The SMILES string of the molecule is O=C(Cc1ccccc1)Oc1ccc(Br)cc1/C=C1/N=C(c2sc3cc([N+](=O)[O-])ccc3c2Cl)OC1=O. The molecule has 0 atom stereocenters. The summed E-state index contributed by atoms with van der Waals surface area (Å²) < 4.78 is 12.2. The minimum Gasteiger partial charge on any atom is -0.426 e. The molecule has 11 heteroatoms. The van der Waals surface area contributed by atoms with Gasteiger partial charge in [0, 0.05) is 32.3 Å². The first-order valence-electron chi connectivity index (χ1n) is 10.7. The molecule has 0 saturated heterocycles. The number of rotatable bonds is 6. The van der Waals surface area contributed by atoms with Crippen LogP contribution in [-0.2, 0) is 20.7 Å². The molecule has 3 aromatic carbocycles. The molecule has 1 aromatic heterocycles. The number of nitro groups is 1. The first-order valence-corrected chi connectivity index (χ1v) is 12.7. The van der Waals surface area contributed by atoms with E-state index in [0.29, 0.717) is 25.0 Å². The second-order valence-corrected chi connectivity index (χ2v) is 10.2. The maximum atomic E-state index is 12.6. The third-order valence-electron chi connectivity index (χ3n) is 5.32. The fraction of sp³-hybridized carbons (Fsp3) is 0.0385. The lowest BCUT2D eigenvalue weighted by molar-refractivity contribution is -0.384. The van der Waals surface area contributed by atoms with Gasteiger partial charge < -0.3 is 9.47 Å². The van der Waals surface area contributed by atoms with Crippen molar-refractivity contribution in [3.8, 4) is 5.75 Å². The Morgan fingerprint density at radius 1 is 1.16 bits per heavy atom. The minimum atomic E-state index is -0.712. The summed E-state index contributed by atoms with van der Waals surface area (Å²) in [4.78, 5) is 40.4. The lowest BCUT2D eigenvalue weighted by Crippen LogP contribution is -2.12. The fourth-order valence-electron chi connectivity index (χ4n) is 3.60. The topological polar surface area (TPSA) is 108 Å². The quantitative estimate of drug-likeness (QED) is 0.0803. The summed E-state index contributed by atoms with van der Waals surface area (Å²) in [6, 6.07) is 18.5. The maximum Gasteiger partial charge on any atom is 0.363 e. The van der Waals surface area contributed by atoms with Gasteiger partial charge in [0.25, 0.3) is 5.69 Å². The van der Waals surface area contributed by atoms with Crippen molar-refractivity contribution in [2.45, 2.75) is 6.42 Å². The van der Waals surface area contributed by atoms with E-state index < -0.39 is 16.9 Å². The Bertz CT molecular complexity index is 1650. The Kier molecular flexibility index (Phi) is 6.88. The van der Waals surface area contributed by atoms with Gasteiger partial charge in [-0.2, -0.15) is 0 Å². The first-order chi connectivity index (χ1) is 17.8. The van der Waals surface area contributed by atoms with E-state index in [1.165, 1.54) is 18.2 Å². The highest BCUT2D eigenvalue weighted by Crippen LogP contribution is 2.39. The van der Waals surface area contributed by atoms with Crippen molar-refractivity contribution < 1.29 is 24.0 Å². The number of carbonyl (C=O) groups is 2. The molecule has 0 spiro atoms. The van der Waals surface area contributed by atoms with Gasteiger partial charge in [0.05, 0.1) is 16.4 Å². The van der Waals surface area contributed by atoms with E-state index in [4.69, 9.17) is 21.1 Å². The second-order valence-electron chi connectivity index (χ2n) is 7.84. The van der Waals surface area contributed by atoms with E-state index in [2.05, 4.69) is 20.9 Å². The summed E-state index contributed by atoms with van der Waals surface area (Å²) in [5.74, 6) is -0.934. The minimum absolute atomic E-state index is 0.0114. The fourth-order valence-corrected chi connectivity index (χ4v) is 5.45. The maximum absolute atomic E-state index is 12.6. The molecule has 2 heterocycles. The van der Waals surface area contributed by atoms with Crippen LogP contribution in [0.1, 0.15) is 16.0 Å². The zero-order chi connectivity index (χ0) is 26.1. The van der Waals surface area contributed by atoms with Crippen molar-refractivity contribution in [2.24, 2.45) is 4.99 Å².